The molecule has 5 unspecified atom stereocenters. The molecule has 4 fully saturated rings. The minimum Gasteiger partial charge on any atom is -0.469 e. The highest BCUT2D eigenvalue weighted by Crippen LogP contribution is 2.68. The van der Waals surface area contributed by atoms with Gasteiger partial charge in [0.15, 0.2) is 0 Å². The van der Waals surface area contributed by atoms with Gasteiger partial charge in [0.25, 0.3) is 5.91 Å². The number of aromatic nitrogens is 1. The molecule has 0 bridgehead atoms. The van der Waals surface area contributed by atoms with Gasteiger partial charge in [0.1, 0.15) is 0 Å². The van der Waals surface area contributed by atoms with Gasteiger partial charge in [-0.3, -0.25) is 14.6 Å². The molecule has 0 spiro atoms. The highest BCUT2D eigenvalue weighted by molar-refractivity contribution is 6.08. The standard InChI is InChI=1S/C45H61N3O6/c1-27(15-18-39(51)53-5)33-16-17-34-41-35(25-38(50)45(33,34)4)44(3)20-19-31(23-30(44)24-37(41)49)54-22-21-46-43(52)40-28(2)48-36-14-10-9-13-32(36)42(40)47-26-29-11-7-6-8-12-29/h6-14,27,30-31,33-35,37-38,41,49-50H,15-26H2,1-5H3,(H,46,52)(H,47,48)/t27-,30?,31+,33-,34?,35?,37?,38+,41?,44+,45-/m1/s1. The number of pyridine rings is 1. The van der Waals surface area contributed by atoms with E-state index in [1.165, 1.54) is 7.11 Å². The van der Waals surface area contributed by atoms with Crippen LogP contribution in [0.15, 0.2) is 54.6 Å². The predicted molar refractivity (Wildman–Crippen MR) is 211 cm³/mol. The van der Waals surface area contributed by atoms with Gasteiger partial charge in [-0.15, -0.1) is 0 Å². The SMILES string of the molecule is COC(=O)CC[C@@H](C)[C@H]1CCC2C3C(O)CC4C[C@@H](OCCNC(=O)c5c(C)nc6ccccc6c5NCc5ccccc5)CC[C@]4(C)C3C[C@H](O)[C@@]21C. The third-order valence-electron chi connectivity index (χ3n) is 14.9. The van der Waals surface area contributed by atoms with Crippen LogP contribution in [0.25, 0.3) is 10.9 Å². The summed E-state index contributed by atoms with van der Waals surface area (Å²) in [6, 6.07) is 18.1. The average Bonchev–Trinajstić information content (AvgIpc) is 3.53. The van der Waals surface area contributed by atoms with E-state index in [9.17, 15) is 19.8 Å². The number of aliphatic hydroxyl groups excluding tert-OH is 2. The summed E-state index contributed by atoms with van der Waals surface area (Å²) in [5.41, 5.74) is 3.78. The fourth-order valence-electron chi connectivity index (χ4n) is 12.0. The second-order valence-electron chi connectivity index (χ2n) is 17.5. The second-order valence-corrected chi connectivity index (χ2v) is 17.5. The molecule has 4 saturated carbocycles. The number of hydrogen-bond acceptors (Lipinski definition) is 8. The van der Waals surface area contributed by atoms with E-state index in [2.05, 4.69) is 43.5 Å². The Kier molecular flexibility index (Phi) is 11.4. The predicted octanol–water partition coefficient (Wildman–Crippen LogP) is 7.46. The number of ether oxygens (including phenoxy) is 2. The number of nitrogens with one attached hydrogen (secondary N) is 2. The zero-order chi connectivity index (χ0) is 38.2. The maximum Gasteiger partial charge on any atom is 0.305 e. The first-order chi connectivity index (χ1) is 25.9. The zero-order valence-electron chi connectivity index (χ0n) is 32.9. The molecule has 0 saturated heterocycles. The highest BCUT2D eigenvalue weighted by atomic mass is 16.5. The Hall–Kier alpha value is -3.53. The van der Waals surface area contributed by atoms with Crippen LogP contribution in [0.4, 0.5) is 5.69 Å². The van der Waals surface area contributed by atoms with Crippen molar-refractivity contribution < 1.29 is 29.3 Å². The summed E-state index contributed by atoms with van der Waals surface area (Å²) in [5.74, 6) is 1.33. The molecule has 11 atom stereocenters. The fraction of sp³-hybridized carbons (Fsp3) is 0.622. The number of carbonyl (C=O) groups is 2. The van der Waals surface area contributed by atoms with Gasteiger partial charge in [-0.2, -0.15) is 0 Å². The van der Waals surface area contributed by atoms with E-state index in [-0.39, 0.29) is 46.6 Å². The lowest BCUT2D eigenvalue weighted by Gasteiger charge is -2.63. The number of methoxy groups -OCH3 is 1. The summed E-state index contributed by atoms with van der Waals surface area (Å²) in [7, 11) is 1.44. The molecule has 3 aromatic rings. The van der Waals surface area contributed by atoms with Gasteiger partial charge in [0.2, 0.25) is 0 Å². The van der Waals surface area contributed by atoms with E-state index in [1.807, 2.05) is 49.4 Å². The molecule has 4 aliphatic rings. The monoisotopic (exact) mass is 739 g/mol. The number of fused-ring (bicyclic) bond motifs is 6. The number of aliphatic hydroxyl groups is 2. The molecule has 292 valence electrons. The Balaban J connectivity index is 0.962. The molecule has 0 radical (unpaired) electrons. The Morgan fingerprint density at radius 1 is 0.981 bits per heavy atom. The van der Waals surface area contributed by atoms with Crippen molar-refractivity contribution in [3.8, 4) is 0 Å². The summed E-state index contributed by atoms with van der Waals surface area (Å²) < 4.78 is 11.4. The summed E-state index contributed by atoms with van der Waals surface area (Å²) in [6.45, 7) is 10.2. The van der Waals surface area contributed by atoms with Gasteiger partial charge in [-0.25, -0.2) is 0 Å². The summed E-state index contributed by atoms with van der Waals surface area (Å²) in [4.78, 5) is 30.4. The Bertz CT molecular complexity index is 1800. The number of benzene rings is 2. The van der Waals surface area contributed by atoms with Crippen molar-refractivity contribution in [2.24, 2.45) is 46.3 Å². The van der Waals surface area contributed by atoms with Crippen LogP contribution in [0, 0.1) is 53.3 Å². The van der Waals surface area contributed by atoms with Crippen molar-refractivity contribution >= 4 is 28.5 Å². The second kappa shape index (κ2) is 15.9. The molecule has 0 aliphatic heterocycles. The van der Waals surface area contributed by atoms with Gasteiger partial charge in [0.05, 0.1) is 54.5 Å². The minimum absolute atomic E-state index is 0.0403. The Labute approximate surface area is 321 Å². The van der Waals surface area contributed by atoms with Gasteiger partial charge < -0.3 is 30.3 Å². The number of para-hydroxylation sites is 1. The number of rotatable bonds is 12. The molecule has 4 N–H and O–H groups in total. The Morgan fingerprint density at radius 3 is 2.52 bits per heavy atom. The number of nitrogens with zero attached hydrogens (tertiary/aromatic N) is 1. The number of hydrogen-bond donors (Lipinski definition) is 4. The quantitative estimate of drug-likeness (QED) is 0.111. The fourth-order valence-corrected chi connectivity index (χ4v) is 12.0. The molecule has 54 heavy (non-hydrogen) atoms. The van der Waals surface area contributed by atoms with Gasteiger partial charge in [0, 0.05) is 24.9 Å². The number of carbonyl (C=O) groups excluding carboxylic acids is 2. The number of esters is 1. The van der Waals surface area contributed by atoms with Crippen LogP contribution < -0.4 is 10.6 Å². The molecule has 9 heteroatoms. The summed E-state index contributed by atoms with van der Waals surface area (Å²) >= 11 is 0. The van der Waals surface area contributed by atoms with Crippen LogP contribution in [0.2, 0.25) is 0 Å². The lowest BCUT2D eigenvalue weighted by molar-refractivity contribution is -0.209. The van der Waals surface area contributed by atoms with Crippen molar-refractivity contribution in [3.05, 3.63) is 71.4 Å². The van der Waals surface area contributed by atoms with E-state index < -0.39 is 12.2 Å². The minimum atomic E-state index is -0.423. The molecule has 7 rings (SSSR count). The van der Waals surface area contributed by atoms with Crippen LogP contribution in [-0.4, -0.2) is 65.6 Å². The van der Waals surface area contributed by atoms with E-state index >= 15 is 0 Å². The topological polar surface area (TPSA) is 130 Å². The number of anilines is 1. The van der Waals surface area contributed by atoms with Crippen molar-refractivity contribution in [3.63, 3.8) is 0 Å². The van der Waals surface area contributed by atoms with Gasteiger partial charge in [-0.05, 0) is 116 Å². The maximum absolute atomic E-state index is 13.7. The smallest absolute Gasteiger partial charge is 0.305 e. The van der Waals surface area contributed by atoms with E-state index in [0.717, 1.165) is 73.5 Å². The lowest BCUT2D eigenvalue weighted by Crippen LogP contribution is -2.62. The van der Waals surface area contributed by atoms with Crippen LogP contribution in [0.5, 0.6) is 0 Å². The molecular weight excluding hydrogens is 679 g/mol. The Morgan fingerprint density at radius 2 is 1.74 bits per heavy atom. The molecule has 1 heterocycles. The number of amides is 1. The van der Waals surface area contributed by atoms with E-state index in [1.54, 1.807) is 0 Å². The molecule has 2 aromatic carbocycles. The largest absolute Gasteiger partial charge is 0.469 e. The van der Waals surface area contributed by atoms with E-state index in [4.69, 9.17) is 14.5 Å². The van der Waals surface area contributed by atoms with Gasteiger partial charge >= 0.3 is 5.97 Å². The van der Waals surface area contributed by atoms with Crippen LogP contribution in [-0.2, 0) is 20.8 Å². The van der Waals surface area contributed by atoms with Crippen LogP contribution in [0.1, 0.15) is 100 Å². The van der Waals surface area contributed by atoms with E-state index in [0.29, 0.717) is 55.1 Å². The molecule has 4 aliphatic carbocycles. The van der Waals surface area contributed by atoms with Gasteiger partial charge in [-0.1, -0.05) is 69.3 Å². The first-order valence-corrected chi connectivity index (χ1v) is 20.5. The molecule has 1 aromatic heterocycles. The maximum atomic E-state index is 13.7. The summed E-state index contributed by atoms with van der Waals surface area (Å²) in [5, 5.41) is 31.4. The van der Waals surface area contributed by atoms with Crippen molar-refractivity contribution in [2.45, 2.75) is 110 Å². The molecule has 1 amide bonds. The first-order valence-electron chi connectivity index (χ1n) is 20.5. The highest BCUT2D eigenvalue weighted by Gasteiger charge is 2.65. The van der Waals surface area contributed by atoms with Crippen LogP contribution in [0.3, 0.4) is 0 Å². The third-order valence-corrected chi connectivity index (χ3v) is 14.9. The normalized spacial score (nSPS) is 33.6. The third kappa shape index (κ3) is 7.16. The average molecular weight is 740 g/mol. The molecule has 9 nitrogen and oxygen atoms in total. The molecular formula is C45H61N3O6. The number of aryl methyl sites for hydroxylation is 1. The van der Waals surface area contributed by atoms with Crippen molar-refractivity contribution in [1.29, 1.82) is 0 Å². The lowest BCUT2D eigenvalue weighted by atomic mass is 9.43. The van der Waals surface area contributed by atoms with Crippen molar-refractivity contribution in [1.82, 2.24) is 10.3 Å². The summed E-state index contributed by atoms with van der Waals surface area (Å²) in [6.07, 6.45) is 6.81. The van der Waals surface area contributed by atoms with Crippen LogP contribution >= 0.6 is 0 Å². The zero-order valence-corrected chi connectivity index (χ0v) is 32.9. The van der Waals surface area contributed by atoms with Crippen molar-refractivity contribution in [2.75, 3.05) is 25.6 Å². The first kappa shape index (κ1) is 38.7.